The molecule has 0 saturated heterocycles. The largest absolute Gasteiger partial charge is 0.299 e. The maximum Gasteiger partial charge on any atom is 0.143 e. The Balaban J connectivity index is 1.84. The van der Waals surface area contributed by atoms with Gasteiger partial charge in [-0.1, -0.05) is 20.3 Å². The van der Waals surface area contributed by atoms with Gasteiger partial charge in [0.05, 0.1) is 5.92 Å². The van der Waals surface area contributed by atoms with E-state index in [0.29, 0.717) is 18.8 Å². The fraction of sp³-hybridized carbons (Fsp3) is 0.867. The number of carbonyl (C=O) groups excluding carboxylic acids is 2. The second kappa shape index (κ2) is 5.32. The lowest BCUT2D eigenvalue weighted by atomic mass is 9.73. The quantitative estimate of drug-likeness (QED) is 0.704. The number of rotatable bonds is 3. The zero-order chi connectivity index (χ0) is 12.4. The van der Waals surface area contributed by atoms with Crippen molar-refractivity contribution in [1.82, 2.24) is 0 Å². The Morgan fingerprint density at radius 3 is 2.53 bits per heavy atom. The average molecular weight is 236 g/mol. The monoisotopic (exact) mass is 236 g/mol. The first kappa shape index (κ1) is 12.8. The van der Waals surface area contributed by atoms with Crippen LogP contribution in [0.4, 0.5) is 0 Å². The number of Topliss-reactive ketones (excluding diaryl/α,β-unsaturated/α-hetero) is 2. The van der Waals surface area contributed by atoms with Crippen LogP contribution in [-0.2, 0) is 9.59 Å². The predicted octanol–water partition coefficient (Wildman–Crippen LogP) is 3.39. The minimum absolute atomic E-state index is 0.201. The van der Waals surface area contributed by atoms with Crippen molar-refractivity contribution in [1.29, 1.82) is 0 Å². The molecule has 96 valence electrons. The Morgan fingerprint density at radius 2 is 1.94 bits per heavy atom. The third kappa shape index (κ3) is 2.97. The van der Waals surface area contributed by atoms with Gasteiger partial charge in [0.25, 0.3) is 0 Å². The molecule has 0 aromatic rings. The molecular formula is C15H24O2. The van der Waals surface area contributed by atoms with E-state index in [1.165, 1.54) is 19.3 Å². The minimum Gasteiger partial charge on any atom is -0.299 e. The molecule has 4 atom stereocenters. The normalized spacial score (nSPS) is 38.4. The molecule has 0 aromatic carbocycles. The standard InChI is InChI=1S/C15H24O2/c1-10-6-7-12(8-11(10)2)9-15(17)13-4-3-5-14(13)16/h10-13H,3-9H2,1-2H3. The van der Waals surface area contributed by atoms with Gasteiger partial charge in [0.2, 0.25) is 0 Å². The molecule has 0 bridgehead atoms. The fourth-order valence-corrected chi connectivity index (χ4v) is 3.43. The van der Waals surface area contributed by atoms with E-state index in [2.05, 4.69) is 13.8 Å². The summed E-state index contributed by atoms with van der Waals surface area (Å²) in [5.41, 5.74) is 0. The molecule has 2 rings (SSSR count). The fourth-order valence-electron chi connectivity index (χ4n) is 3.43. The molecule has 2 aliphatic rings. The van der Waals surface area contributed by atoms with Gasteiger partial charge >= 0.3 is 0 Å². The number of carbonyl (C=O) groups is 2. The van der Waals surface area contributed by atoms with Crippen molar-refractivity contribution in [3.8, 4) is 0 Å². The van der Waals surface area contributed by atoms with Crippen LogP contribution in [0.3, 0.4) is 0 Å². The molecule has 0 aliphatic heterocycles. The SMILES string of the molecule is CC1CCC(CC(=O)C2CCCC2=O)CC1C. The third-order valence-electron chi connectivity index (χ3n) is 4.89. The number of ketones is 2. The minimum atomic E-state index is -0.232. The van der Waals surface area contributed by atoms with Crippen molar-refractivity contribution in [3.05, 3.63) is 0 Å². The van der Waals surface area contributed by atoms with Gasteiger partial charge in [0.1, 0.15) is 11.6 Å². The van der Waals surface area contributed by atoms with Gasteiger partial charge in [-0.3, -0.25) is 9.59 Å². The molecular weight excluding hydrogens is 212 g/mol. The summed E-state index contributed by atoms with van der Waals surface area (Å²) in [6, 6.07) is 0. The molecule has 0 heterocycles. The lowest BCUT2D eigenvalue weighted by Crippen LogP contribution is -2.26. The molecule has 0 spiro atoms. The molecule has 0 amide bonds. The smallest absolute Gasteiger partial charge is 0.143 e. The lowest BCUT2D eigenvalue weighted by molar-refractivity contribution is -0.131. The number of hydrogen-bond donors (Lipinski definition) is 0. The van der Waals surface area contributed by atoms with E-state index in [-0.39, 0.29) is 17.5 Å². The zero-order valence-electron chi connectivity index (χ0n) is 11.1. The van der Waals surface area contributed by atoms with Gasteiger partial charge in [0, 0.05) is 12.8 Å². The van der Waals surface area contributed by atoms with Crippen molar-refractivity contribution in [3.63, 3.8) is 0 Å². The van der Waals surface area contributed by atoms with Crippen LogP contribution in [0, 0.1) is 23.7 Å². The second-order valence-electron chi connectivity index (χ2n) is 6.22. The predicted molar refractivity (Wildman–Crippen MR) is 67.6 cm³/mol. The molecule has 0 aromatic heterocycles. The molecule has 2 fully saturated rings. The maximum atomic E-state index is 12.1. The van der Waals surface area contributed by atoms with E-state index in [4.69, 9.17) is 0 Å². The van der Waals surface area contributed by atoms with Gasteiger partial charge in [-0.15, -0.1) is 0 Å². The maximum absolute atomic E-state index is 12.1. The van der Waals surface area contributed by atoms with Gasteiger partial charge in [-0.25, -0.2) is 0 Å². The summed E-state index contributed by atoms with van der Waals surface area (Å²) in [5.74, 6) is 2.29. The zero-order valence-corrected chi connectivity index (χ0v) is 11.1. The average Bonchev–Trinajstić information content (AvgIpc) is 2.70. The first-order valence-electron chi connectivity index (χ1n) is 7.13. The summed E-state index contributed by atoms with van der Waals surface area (Å²) in [4.78, 5) is 23.6. The van der Waals surface area contributed by atoms with Gasteiger partial charge < -0.3 is 0 Å². The first-order chi connectivity index (χ1) is 8.08. The molecule has 0 N–H and O–H groups in total. The van der Waals surface area contributed by atoms with Crippen LogP contribution in [0.25, 0.3) is 0 Å². The van der Waals surface area contributed by atoms with Crippen molar-refractivity contribution >= 4 is 11.6 Å². The third-order valence-corrected chi connectivity index (χ3v) is 4.89. The molecule has 2 nitrogen and oxygen atoms in total. The highest BCUT2D eigenvalue weighted by atomic mass is 16.2. The Bertz CT molecular complexity index is 308. The van der Waals surface area contributed by atoms with Crippen molar-refractivity contribution < 1.29 is 9.59 Å². The van der Waals surface area contributed by atoms with E-state index < -0.39 is 0 Å². The summed E-state index contributed by atoms with van der Waals surface area (Å²) >= 11 is 0. The van der Waals surface area contributed by atoms with E-state index in [1.807, 2.05) is 0 Å². The van der Waals surface area contributed by atoms with E-state index in [9.17, 15) is 9.59 Å². The van der Waals surface area contributed by atoms with Crippen molar-refractivity contribution in [2.24, 2.45) is 23.7 Å². The Morgan fingerprint density at radius 1 is 1.18 bits per heavy atom. The topological polar surface area (TPSA) is 34.1 Å². The van der Waals surface area contributed by atoms with Gasteiger partial charge in [-0.05, 0) is 43.4 Å². The number of hydrogen-bond acceptors (Lipinski definition) is 2. The van der Waals surface area contributed by atoms with Gasteiger partial charge in [-0.2, -0.15) is 0 Å². The summed E-state index contributed by atoms with van der Waals surface area (Å²) < 4.78 is 0. The van der Waals surface area contributed by atoms with Gasteiger partial charge in [0.15, 0.2) is 0 Å². The first-order valence-corrected chi connectivity index (χ1v) is 7.13. The van der Waals surface area contributed by atoms with Crippen LogP contribution in [0.15, 0.2) is 0 Å². The van der Waals surface area contributed by atoms with Crippen molar-refractivity contribution in [2.75, 3.05) is 0 Å². The summed E-state index contributed by atoms with van der Waals surface area (Å²) in [6.07, 6.45) is 6.63. The van der Waals surface area contributed by atoms with Crippen LogP contribution in [0.1, 0.15) is 58.8 Å². The molecule has 2 saturated carbocycles. The molecule has 2 heteroatoms. The van der Waals surface area contributed by atoms with E-state index >= 15 is 0 Å². The van der Waals surface area contributed by atoms with Crippen LogP contribution < -0.4 is 0 Å². The highest BCUT2D eigenvalue weighted by Crippen LogP contribution is 2.36. The van der Waals surface area contributed by atoms with E-state index in [0.717, 1.165) is 24.7 Å². The summed E-state index contributed by atoms with van der Waals surface area (Å²) in [5, 5.41) is 0. The Labute approximate surface area is 104 Å². The lowest BCUT2D eigenvalue weighted by Gasteiger charge is -2.32. The Kier molecular flexibility index (Phi) is 4.01. The highest BCUT2D eigenvalue weighted by molar-refractivity contribution is 6.03. The summed E-state index contributed by atoms with van der Waals surface area (Å²) in [7, 11) is 0. The highest BCUT2D eigenvalue weighted by Gasteiger charge is 2.33. The molecule has 17 heavy (non-hydrogen) atoms. The van der Waals surface area contributed by atoms with Crippen LogP contribution in [-0.4, -0.2) is 11.6 Å². The van der Waals surface area contributed by atoms with Crippen LogP contribution >= 0.6 is 0 Å². The molecule has 0 radical (unpaired) electrons. The summed E-state index contributed by atoms with van der Waals surface area (Å²) in [6.45, 7) is 4.60. The van der Waals surface area contributed by atoms with E-state index in [1.54, 1.807) is 0 Å². The second-order valence-corrected chi connectivity index (χ2v) is 6.22. The van der Waals surface area contributed by atoms with Crippen LogP contribution in [0.2, 0.25) is 0 Å². The Hall–Kier alpha value is -0.660. The van der Waals surface area contributed by atoms with Crippen LogP contribution in [0.5, 0.6) is 0 Å². The molecule has 2 aliphatic carbocycles. The van der Waals surface area contributed by atoms with Crippen molar-refractivity contribution in [2.45, 2.75) is 58.8 Å². The molecule has 4 unspecified atom stereocenters.